The van der Waals surface area contributed by atoms with Gasteiger partial charge in [0.25, 0.3) is 0 Å². The number of aryl methyl sites for hydroxylation is 2. The minimum Gasteiger partial charge on any atom is -0.331 e. The normalized spacial score (nSPS) is 11.2. The van der Waals surface area contributed by atoms with Crippen LogP contribution in [-0.4, -0.2) is 15.3 Å². The SMILES string of the molecule is CC(=O)c1ccc(Cl)c(Cc2nc3c(C)c(Br)ccc3n2C)c1C. The zero-order chi connectivity index (χ0) is 17.6. The van der Waals surface area contributed by atoms with Crippen molar-refractivity contribution in [2.24, 2.45) is 7.05 Å². The van der Waals surface area contributed by atoms with Crippen LogP contribution in [0.5, 0.6) is 0 Å². The topological polar surface area (TPSA) is 34.9 Å². The van der Waals surface area contributed by atoms with Crippen LogP contribution >= 0.6 is 27.5 Å². The van der Waals surface area contributed by atoms with Crippen LogP contribution in [-0.2, 0) is 13.5 Å². The Morgan fingerprint density at radius 2 is 1.92 bits per heavy atom. The third-order valence-electron chi connectivity index (χ3n) is 4.59. The average Bonchev–Trinajstić information content (AvgIpc) is 2.84. The number of nitrogens with zero attached hydrogens (tertiary/aromatic N) is 2. The standard InChI is InChI=1S/C19H18BrClN2O/c1-10-13(12(3)24)5-7-16(21)14(10)9-18-22-19-11(2)15(20)6-8-17(19)23(18)4/h5-8H,9H2,1-4H3. The minimum absolute atomic E-state index is 0.0511. The second kappa shape index (κ2) is 6.34. The summed E-state index contributed by atoms with van der Waals surface area (Å²) in [5.74, 6) is 0.979. The molecule has 0 radical (unpaired) electrons. The summed E-state index contributed by atoms with van der Waals surface area (Å²) in [6.07, 6.45) is 0.591. The maximum atomic E-state index is 11.8. The smallest absolute Gasteiger partial charge is 0.160 e. The van der Waals surface area contributed by atoms with Gasteiger partial charge in [-0.05, 0) is 61.7 Å². The van der Waals surface area contributed by atoms with E-state index in [9.17, 15) is 4.79 Å². The third kappa shape index (κ3) is 2.78. The molecule has 0 atom stereocenters. The average molecular weight is 406 g/mol. The Kier molecular flexibility index (Phi) is 4.54. The number of imidazole rings is 1. The van der Waals surface area contributed by atoms with E-state index in [-0.39, 0.29) is 5.78 Å². The molecule has 0 bridgehead atoms. The van der Waals surface area contributed by atoms with Crippen LogP contribution in [0.2, 0.25) is 5.02 Å². The lowest BCUT2D eigenvalue weighted by atomic mass is 9.97. The highest BCUT2D eigenvalue weighted by molar-refractivity contribution is 9.10. The first-order valence-electron chi connectivity index (χ1n) is 7.70. The van der Waals surface area contributed by atoms with Crippen LogP contribution in [0.15, 0.2) is 28.7 Å². The molecule has 3 aromatic rings. The van der Waals surface area contributed by atoms with Gasteiger partial charge in [-0.15, -0.1) is 0 Å². The number of fused-ring (bicyclic) bond motifs is 1. The number of rotatable bonds is 3. The Balaban J connectivity index is 2.14. The van der Waals surface area contributed by atoms with Gasteiger partial charge in [-0.25, -0.2) is 4.98 Å². The summed E-state index contributed by atoms with van der Waals surface area (Å²) in [5.41, 5.74) is 5.79. The molecule has 124 valence electrons. The van der Waals surface area contributed by atoms with E-state index in [0.717, 1.165) is 38.0 Å². The lowest BCUT2D eigenvalue weighted by Gasteiger charge is -2.12. The summed E-state index contributed by atoms with van der Waals surface area (Å²) in [4.78, 5) is 16.6. The predicted octanol–water partition coefficient (Wildman–Crippen LogP) is 5.40. The maximum absolute atomic E-state index is 11.8. The largest absolute Gasteiger partial charge is 0.331 e. The van der Waals surface area contributed by atoms with Gasteiger partial charge in [-0.3, -0.25) is 4.79 Å². The molecule has 0 saturated carbocycles. The van der Waals surface area contributed by atoms with Crippen LogP contribution in [0.25, 0.3) is 11.0 Å². The van der Waals surface area contributed by atoms with Gasteiger partial charge in [-0.1, -0.05) is 27.5 Å². The van der Waals surface area contributed by atoms with Crippen LogP contribution in [0, 0.1) is 13.8 Å². The first-order valence-corrected chi connectivity index (χ1v) is 8.87. The monoisotopic (exact) mass is 404 g/mol. The zero-order valence-corrected chi connectivity index (χ0v) is 16.4. The molecule has 24 heavy (non-hydrogen) atoms. The summed E-state index contributed by atoms with van der Waals surface area (Å²) >= 11 is 9.97. The fourth-order valence-corrected chi connectivity index (χ4v) is 3.65. The lowest BCUT2D eigenvalue weighted by molar-refractivity contribution is 0.101. The molecule has 0 fully saturated rings. The molecule has 0 aliphatic heterocycles. The molecule has 0 unspecified atom stereocenters. The molecule has 5 heteroatoms. The first-order chi connectivity index (χ1) is 11.3. The molecular formula is C19H18BrClN2O. The van der Waals surface area contributed by atoms with Crippen molar-refractivity contribution in [1.82, 2.24) is 9.55 Å². The molecule has 1 heterocycles. The number of hydrogen-bond donors (Lipinski definition) is 0. The summed E-state index contributed by atoms with van der Waals surface area (Å²) < 4.78 is 3.14. The fourth-order valence-electron chi connectivity index (χ4n) is 3.05. The molecule has 3 nitrogen and oxygen atoms in total. The van der Waals surface area contributed by atoms with Crippen molar-refractivity contribution in [3.05, 3.63) is 61.8 Å². The molecular weight excluding hydrogens is 388 g/mol. The van der Waals surface area contributed by atoms with E-state index in [1.54, 1.807) is 19.1 Å². The van der Waals surface area contributed by atoms with Crippen LogP contribution in [0.4, 0.5) is 0 Å². The lowest BCUT2D eigenvalue weighted by Crippen LogP contribution is -2.05. The quantitative estimate of drug-likeness (QED) is 0.547. The summed E-state index contributed by atoms with van der Waals surface area (Å²) in [6.45, 7) is 5.58. The number of aromatic nitrogens is 2. The highest BCUT2D eigenvalue weighted by atomic mass is 79.9. The van der Waals surface area contributed by atoms with E-state index >= 15 is 0 Å². The van der Waals surface area contributed by atoms with Crippen molar-refractivity contribution in [1.29, 1.82) is 0 Å². The summed E-state index contributed by atoms with van der Waals surface area (Å²) in [7, 11) is 2.01. The minimum atomic E-state index is 0.0511. The van der Waals surface area contributed by atoms with Crippen molar-refractivity contribution in [3.63, 3.8) is 0 Å². The van der Waals surface area contributed by atoms with Crippen LogP contribution < -0.4 is 0 Å². The van der Waals surface area contributed by atoms with Crippen molar-refractivity contribution in [3.8, 4) is 0 Å². The number of halogens is 2. The Bertz CT molecular complexity index is 975. The predicted molar refractivity (Wildman–Crippen MR) is 102 cm³/mol. The number of hydrogen-bond acceptors (Lipinski definition) is 2. The van der Waals surface area contributed by atoms with E-state index < -0.39 is 0 Å². The molecule has 0 aliphatic rings. The van der Waals surface area contributed by atoms with Crippen LogP contribution in [0.3, 0.4) is 0 Å². The van der Waals surface area contributed by atoms with Gasteiger partial charge in [-0.2, -0.15) is 0 Å². The molecule has 0 spiro atoms. The summed E-state index contributed by atoms with van der Waals surface area (Å²) in [5, 5.41) is 0.669. The van der Waals surface area contributed by atoms with Gasteiger partial charge >= 0.3 is 0 Å². The van der Waals surface area contributed by atoms with Crippen molar-refractivity contribution in [2.75, 3.05) is 0 Å². The number of Topliss-reactive ketones (excluding diaryl/α,β-unsaturated/α-hetero) is 1. The second-order valence-electron chi connectivity index (χ2n) is 6.06. The Morgan fingerprint density at radius 3 is 2.58 bits per heavy atom. The third-order valence-corrected chi connectivity index (χ3v) is 5.80. The molecule has 0 aliphatic carbocycles. The first kappa shape index (κ1) is 17.2. The van der Waals surface area contributed by atoms with Crippen molar-refractivity contribution < 1.29 is 4.79 Å². The maximum Gasteiger partial charge on any atom is 0.160 e. The highest BCUT2D eigenvalue weighted by Crippen LogP contribution is 2.29. The number of carbonyl (C=O) groups excluding carboxylic acids is 1. The zero-order valence-electron chi connectivity index (χ0n) is 14.1. The van der Waals surface area contributed by atoms with Gasteiger partial charge < -0.3 is 4.57 Å². The molecule has 1 aromatic heterocycles. The van der Waals surface area contributed by atoms with Gasteiger partial charge in [0, 0.05) is 28.5 Å². The Hall–Kier alpha value is -1.65. The molecule has 2 aromatic carbocycles. The molecule has 3 rings (SSSR count). The number of benzene rings is 2. The van der Waals surface area contributed by atoms with E-state index in [1.165, 1.54) is 0 Å². The van der Waals surface area contributed by atoms with E-state index in [0.29, 0.717) is 17.0 Å². The van der Waals surface area contributed by atoms with Gasteiger partial charge in [0.05, 0.1) is 11.0 Å². The Morgan fingerprint density at radius 1 is 1.21 bits per heavy atom. The van der Waals surface area contributed by atoms with Gasteiger partial charge in [0.1, 0.15) is 5.82 Å². The fraction of sp³-hybridized carbons (Fsp3) is 0.263. The number of ketones is 1. The van der Waals surface area contributed by atoms with Crippen molar-refractivity contribution in [2.45, 2.75) is 27.2 Å². The summed E-state index contributed by atoms with van der Waals surface area (Å²) in [6, 6.07) is 7.69. The molecule has 0 N–H and O–H groups in total. The number of carbonyl (C=O) groups is 1. The van der Waals surface area contributed by atoms with E-state index in [4.69, 9.17) is 16.6 Å². The second-order valence-corrected chi connectivity index (χ2v) is 7.32. The van der Waals surface area contributed by atoms with Gasteiger partial charge in [0.15, 0.2) is 5.78 Å². The van der Waals surface area contributed by atoms with Crippen LogP contribution in [0.1, 0.15) is 39.8 Å². The Labute approximate surface area is 154 Å². The van der Waals surface area contributed by atoms with Gasteiger partial charge in [0.2, 0.25) is 0 Å². The van der Waals surface area contributed by atoms with Crippen molar-refractivity contribution >= 4 is 44.3 Å². The molecule has 0 amide bonds. The molecule has 0 saturated heterocycles. The van der Waals surface area contributed by atoms with E-state index in [2.05, 4.69) is 33.5 Å². The highest BCUT2D eigenvalue weighted by Gasteiger charge is 2.16. The van der Waals surface area contributed by atoms with E-state index in [1.807, 2.05) is 20.0 Å².